The van der Waals surface area contributed by atoms with Gasteiger partial charge in [-0.2, -0.15) is 0 Å². The molecule has 4 aromatic carbocycles. The highest BCUT2D eigenvalue weighted by Crippen LogP contribution is 2.37. The van der Waals surface area contributed by atoms with Crippen LogP contribution in [0.2, 0.25) is 0 Å². The number of amides is 2. The van der Waals surface area contributed by atoms with E-state index < -0.39 is 12.2 Å². The lowest BCUT2D eigenvalue weighted by atomic mass is 10.1. The van der Waals surface area contributed by atoms with Crippen LogP contribution < -0.4 is 0 Å². The predicted molar refractivity (Wildman–Crippen MR) is 199 cm³/mol. The van der Waals surface area contributed by atoms with Crippen molar-refractivity contribution in [2.24, 2.45) is 0 Å². The third-order valence-electron chi connectivity index (χ3n) is 10.6. The van der Waals surface area contributed by atoms with E-state index >= 15 is 0 Å². The number of aliphatic hydroxyl groups is 2. The summed E-state index contributed by atoms with van der Waals surface area (Å²) in [6, 6.07) is 33.3. The fourth-order valence-electron chi connectivity index (χ4n) is 7.82. The van der Waals surface area contributed by atoms with Crippen molar-refractivity contribution in [2.75, 3.05) is 13.1 Å². The van der Waals surface area contributed by atoms with Crippen molar-refractivity contribution >= 4 is 33.9 Å². The van der Waals surface area contributed by atoms with Crippen LogP contribution in [0.3, 0.4) is 0 Å². The maximum Gasteiger partial charge on any atom is 0.256 e. The van der Waals surface area contributed by atoms with E-state index in [1.54, 1.807) is 34.1 Å². The van der Waals surface area contributed by atoms with Gasteiger partial charge in [0.15, 0.2) is 12.2 Å². The van der Waals surface area contributed by atoms with Gasteiger partial charge >= 0.3 is 0 Å². The summed E-state index contributed by atoms with van der Waals surface area (Å²) in [5, 5.41) is 21.6. The van der Waals surface area contributed by atoms with Crippen LogP contribution >= 0.6 is 0 Å². The number of furan rings is 1. The molecule has 266 valence electrons. The van der Waals surface area contributed by atoms with Crippen LogP contribution in [0.4, 0.5) is 0 Å². The molecule has 2 aliphatic rings. The number of nitrogens with zero attached hydrogens (tertiary/aromatic N) is 4. The average Bonchev–Trinajstić information content (AvgIpc) is 4.05. The number of hydrogen-bond donors (Lipinski definition) is 4. The molecule has 4 N–H and O–H groups in total. The zero-order valence-electron chi connectivity index (χ0n) is 28.9. The molecule has 2 saturated heterocycles. The molecule has 0 aliphatic carbocycles. The van der Waals surface area contributed by atoms with Gasteiger partial charge in [-0.1, -0.05) is 60.7 Å². The van der Waals surface area contributed by atoms with Crippen LogP contribution in [0.15, 0.2) is 114 Å². The number of fused-ring (bicyclic) bond motifs is 2. The van der Waals surface area contributed by atoms with Gasteiger partial charge in [-0.05, 0) is 85.3 Å². The number of aromatic nitrogens is 4. The van der Waals surface area contributed by atoms with Crippen molar-refractivity contribution in [3.63, 3.8) is 0 Å². The van der Waals surface area contributed by atoms with Crippen molar-refractivity contribution in [2.45, 2.75) is 50.0 Å². The summed E-state index contributed by atoms with van der Waals surface area (Å²) >= 11 is 0. The first-order valence-corrected chi connectivity index (χ1v) is 18.1. The Kier molecular flexibility index (Phi) is 8.36. The highest BCUT2D eigenvalue weighted by molar-refractivity contribution is 5.85. The Bertz CT molecular complexity index is 2270. The Morgan fingerprint density at radius 1 is 0.623 bits per heavy atom. The third kappa shape index (κ3) is 6.07. The van der Waals surface area contributed by atoms with E-state index in [4.69, 9.17) is 14.4 Å². The summed E-state index contributed by atoms with van der Waals surface area (Å²) in [5.41, 5.74) is 6.13. The van der Waals surface area contributed by atoms with Crippen LogP contribution in [0, 0.1) is 0 Å². The molecule has 2 amide bonds. The summed E-state index contributed by atoms with van der Waals surface area (Å²) in [6.45, 7) is 1.13. The van der Waals surface area contributed by atoms with Crippen molar-refractivity contribution < 1.29 is 24.2 Å². The zero-order chi connectivity index (χ0) is 36.1. The standard InChI is InChI=1S/C42H38N6O5/c49-37(25-9-3-1-4-10-25)41(51)47-21-7-13-33(47)39-43-29-17-15-27(23-31(29)45-39)35-19-20-36(53-35)28-16-18-30-32(24-28)46-40(44-30)34-14-8-22-48(34)42(52)38(50)26-11-5-2-6-12-26/h1-6,9-12,15-20,23-24,33-34,37-38,49-50H,7-8,13-14,21-22H2,(H,43,45)(H,44,46)/t33-,34-,37-,38-/m0/s1. The minimum absolute atomic E-state index is 0.248. The quantitative estimate of drug-likeness (QED) is 0.131. The van der Waals surface area contributed by atoms with Gasteiger partial charge in [0.2, 0.25) is 0 Å². The van der Waals surface area contributed by atoms with Crippen LogP contribution in [-0.4, -0.2) is 64.9 Å². The van der Waals surface area contributed by atoms with E-state index in [2.05, 4.69) is 9.97 Å². The fourth-order valence-corrected chi connectivity index (χ4v) is 7.82. The van der Waals surface area contributed by atoms with Crippen LogP contribution in [0.1, 0.15) is 72.8 Å². The van der Waals surface area contributed by atoms with Gasteiger partial charge in [-0.3, -0.25) is 9.59 Å². The lowest BCUT2D eigenvalue weighted by molar-refractivity contribution is -0.142. The van der Waals surface area contributed by atoms with Crippen molar-refractivity contribution in [1.82, 2.24) is 29.7 Å². The number of rotatable bonds is 8. The van der Waals surface area contributed by atoms with E-state index in [1.165, 1.54) is 0 Å². The lowest BCUT2D eigenvalue weighted by Crippen LogP contribution is -2.35. The molecule has 53 heavy (non-hydrogen) atoms. The molecule has 0 radical (unpaired) electrons. The molecule has 11 heteroatoms. The Labute approximate surface area is 304 Å². The maximum atomic E-state index is 13.3. The number of aromatic amines is 2. The molecule has 0 saturated carbocycles. The Balaban J connectivity index is 0.924. The Morgan fingerprint density at radius 2 is 1.06 bits per heavy atom. The Hall–Kier alpha value is -6.04. The van der Waals surface area contributed by atoms with E-state index in [0.29, 0.717) is 47.4 Å². The number of H-pyrrole nitrogens is 2. The second kappa shape index (κ2) is 13.5. The van der Waals surface area contributed by atoms with Crippen molar-refractivity contribution in [1.29, 1.82) is 0 Å². The van der Waals surface area contributed by atoms with Crippen molar-refractivity contribution in [3.05, 3.63) is 132 Å². The molecule has 0 unspecified atom stereocenters. The number of nitrogens with one attached hydrogen (secondary N) is 2. The normalized spacial score (nSPS) is 18.6. The van der Waals surface area contributed by atoms with Crippen LogP contribution in [-0.2, 0) is 9.59 Å². The smallest absolute Gasteiger partial charge is 0.256 e. The van der Waals surface area contributed by atoms with Gasteiger partial charge in [0, 0.05) is 24.2 Å². The number of carbonyl (C=O) groups excluding carboxylic acids is 2. The summed E-state index contributed by atoms with van der Waals surface area (Å²) in [5.74, 6) is 2.15. The summed E-state index contributed by atoms with van der Waals surface area (Å²) in [6.07, 6.45) is 0.752. The Morgan fingerprint density at radius 3 is 1.49 bits per heavy atom. The molecule has 7 aromatic rings. The molecule has 2 aliphatic heterocycles. The molecular weight excluding hydrogens is 668 g/mol. The van der Waals surface area contributed by atoms with E-state index in [0.717, 1.165) is 58.9 Å². The van der Waals surface area contributed by atoms with Gasteiger partial charge in [0.1, 0.15) is 23.2 Å². The molecule has 3 aromatic heterocycles. The fraction of sp³-hybridized carbons (Fsp3) is 0.238. The van der Waals surface area contributed by atoms with Gasteiger partial charge in [-0.25, -0.2) is 9.97 Å². The summed E-state index contributed by atoms with van der Waals surface area (Å²) in [7, 11) is 0. The zero-order valence-corrected chi connectivity index (χ0v) is 28.9. The monoisotopic (exact) mass is 706 g/mol. The van der Waals surface area contributed by atoms with Crippen LogP contribution in [0.5, 0.6) is 0 Å². The predicted octanol–water partition coefficient (Wildman–Crippen LogP) is 7.16. The minimum Gasteiger partial charge on any atom is -0.456 e. The second-order valence-electron chi connectivity index (χ2n) is 13.9. The van der Waals surface area contributed by atoms with E-state index in [1.807, 2.05) is 84.9 Å². The molecule has 2 fully saturated rings. The number of hydrogen-bond acceptors (Lipinski definition) is 7. The van der Waals surface area contributed by atoms with Gasteiger partial charge in [0.05, 0.1) is 34.2 Å². The first-order chi connectivity index (χ1) is 25.9. The van der Waals surface area contributed by atoms with Gasteiger partial charge in [-0.15, -0.1) is 0 Å². The number of aliphatic hydroxyl groups excluding tert-OH is 2. The van der Waals surface area contributed by atoms with Crippen molar-refractivity contribution in [3.8, 4) is 22.6 Å². The largest absolute Gasteiger partial charge is 0.456 e. The number of imidazole rings is 2. The molecule has 11 nitrogen and oxygen atoms in total. The first kappa shape index (κ1) is 32.8. The summed E-state index contributed by atoms with van der Waals surface area (Å²) in [4.78, 5) is 46.7. The topological polar surface area (TPSA) is 152 Å². The molecular formula is C42H38N6O5. The average molecular weight is 707 g/mol. The molecule has 0 bridgehead atoms. The third-order valence-corrected chi connectivity index (χ3v) is 10.6. The van der Waals surface area contributed by atoms with E-state index in [9.17, 15) is 19.8 Å². The van der Waals surface area contributed by atoms with Gasteiger partial charge in [0.25, 0.3) is 11.8 Å². The first-order valence-electron chi connectivity index (χ1n) is 18.1. The number of likely N-dealkylation sites (tertiary alicyclic amines) is 2. The van der Waals surface area contributed by atoms with E-state index in [-0.39, 0.29) is 23.9 Å². The molecule has 4 atom stereocenters. The second-order valence-corrected chi connectivity index (χ2v) is 13.9. The van der Waals surface area contributed by atoms with Gasteiger partial charge < -0.3 is 34.4 Å². The SMILES string of the molecule is O=C([C@@H](O)c1ccccc1)N1CCC[C@H]1c1nc2cc(-c3ccc(-c4ccc5[nH]c([C@@H]6CCCN6C(=O)[C@@H](O)c6ccccc6)nc5c4)o3)ccc2[nH]1. The number of carbonyl (C=O) groups is 2. The lowest BCUT2D eigenvalue weighted by Gasteiger charge is -2.25. The highest BCUT2D eigenvalue weighted by atomic mass is 16.3. The molecule has 0 spiro atoms. The maximum absolute atomic E-state index is 13.3. The molecule has 5 heterocycles. The molecule has 9 rings (SSSR count). The van der Waals surface area contributed by atoms with Crippen LogP contribution in [0.25, 0.3) is 44.7 Å². The summed E-state index contributed by atoms with van der Waals surface area (Å²) < 4.78 is 6.36. The number of benzene rings is 4. The minimum atomic E-state index is -1.22. The highest BCUT2D eigenvalue weighted by Gasteiger charge is 2.37.